The summed E-state index contributed by atoms with van der Waals surface area (Å²) in [6.07, 6.45) is 36.7. The van der Waals surface area contributed by atoms with Crippen LogP contribution < -0.4 is 0 Å². The maximum Gasteiger partial charge on any atom is 0.303 e. The number of aliphatic hydroxyl groups is 1. The lowest BCUT2D eigenvalue weighted by molar-refractivity contribution is -0.137. The molecule has 0 aromatic carbocycles. The van der Waals surface area contributed by atoms with Crippen LogP contribution in [0.2, 0.25) is 0 Å². The molecule has 2 N–H and O–H groups in total. The van der Waals surface area contributed by atoms with Crippen LogP contribution >= 0.6 is 0 Å². The summed E-state index contributed by atoms with van der Waals surface area (Å²) in [7, 11) is 0. The molecule has 0 saturated heterocycles. The van der Waals surface area contributed by atoms with Crippen LogP contribution in [-0.4, -0.2) is 22.3 Å². The van der Waals surface area contributed by atoms with Gasteiger partial charge in [-0.05, 0) is 19.3 Å². The third-order valence-electron chi connectivity index (χ3n) is 7.53. The molecule has 0 aliphatic heterocycles. The second-order valence-corrected chi connectivity index (χ2v) is 11.5. The van der Waals surface area contributed by atoms with E-state index < -0.39 is 5.97 Å². The van der Waals surface area contributed by atoms with Gasteiger partial charge in [0.1, 0.15) is 0 Å². The molecule has 0 aromatic rings. The van der Waals surface area contributed by atoms with Crippen LogP contribution in [-0.2, 0) is 4.79 Å². The smallest absolute Gasteiger partial charge is 0.303 e. The number of carboxylic acids is 1. The monoisotopic (exact) mass is 527 g/mol. The first-order valence-corrected chi connectivity index (χ1v) is 17.0. The van der Waals surface area contributed by atoms with Crippen molar-refractivity contribution in [3.63, 3.8) is 0 Å². The van der Waals surface area contributed by atoms with Crippen LogP contribution in [0.4, 0.5) is 0 Å². The number of hydrogen-bond acceptors (Lipinski definition) is 2. The van der Waals surface area contributed by atoms with E-state index in [9.17, 15) is 9.90 Å². The zero-order chi connectivity index (χ0) is 27.7. The van der Waals surface area contributed by atoms with Gasteiger partial charge < -0.3 is 10.2 Å². The molecule has 0 bridgehead atoms. The van der Waals surface area contributed by atoms with Crippen LogP contribution in [0.25, 0.3) is 0 Å². The van der Waals surface area contributed by atoms with Crippen LogP contribution in [0.15, 0.2) is 0 Å². The van der Waals surface area contributed by atoms with Gasteiger partial charge in [0.05, 0.1) is 6.10 Å². The van der Waals surface area contributed by atoms with E-state index in [1.54, 1.807) is 0 Å². The van der Waals surface area contributed by atoms with Gasteiger partial charge in [-0.3, -0.25) is 4.79 Å². The highest BCUT2D eigenvalue weighted by atomic mass is 16.4. The summed E-state index contributed by atoms with van der Waals surface area (Å²) >= 11 is 0. The molecule has 3 heteroatoms. The topological polar surface area (TPSA) is 57.5 Å². The Bertz CT molecular complexity index is 396. The molecule has 0 aromatic heterocycles. The molecule has 224 valence electrons. The van der Waals surface area contributed by atoms with Gasteiger partial charge >= 0.3 is 5.97 Å². The molecule has 1 unspecified atom stereocenters. The minimum Gasteiger partial charge on any atom is -0.481 e. The molecule has 37 heavy (non-hydrogen) atoms. The number of unbranched alkanes of at least 4 members (excludes halogenated alkanes) is 23. The van der Waals surface area contributed by atoms with Crippen molar-refractivity contribution in [3.8, 4) is 0 Å². The van der Waals surface area contributed by atoms with E-state index in [4.69, 9.17) is 5.11 Å². The quantitative estimate of drug-likeness (QED) is 0.0952. The minimum absolute atomic E-state index is 0.0853. The van der Waals surface area contributed by atoms with Crippen molar-refractivity contribution in [3.05, 3.63) is 0 Å². The number of carbonyl (C=O) groups is 1. The van der Waals surface area contributed by atoms with Crippen molar-refractivity contribution < 1.29 is 15.0 Å². The molecule has 3 nitrogen and oxygen atoms in total. The number of carboxylic acid groups (broad SMARTS) is 1. The van der Waals surface area contributed by atoms with Crippen LogP contribution in [0.1, 0.15) is 207 Å². The van der Waals surface area contributed by atoms with Crippen molar-refractivity contribution in [2.75, 3.05) is 0 Å². The van der Waals surface area contributed by atoms with E-state index in [-0.39, 0.29) is 6.10 Å². The first-order chi connectivity index (χ1) is 18.1. The zero-order valence-corrected chi connectivity index (χ0v) is 25.9. The Morgan fingerprint density at radius 3 is 0.973 bits per heavy atom. The Hall–Kier alpha value is -0.570. The van der Waals surface area contributed by atoms with E-state index in [0.29, 0.717) is 6.42 Å². The van der Waals surface area contributed by atoms with Crippen LogP contribution in [0.5, 0.6) is 0 Å². The SMILES string of the molecule is CCCCCCC(O)CCCCCCCCCCC(=O)O.CCCCCCCCCCCCCCCC. The fourth-order valence-corrected chi connectivity index (χ4v) is 4.94. The van der Waals surface area contributed by atoms with Crippen molar-refractivity contribution in [2.45, 2.75) is 213 Å². The zero-order valence-electron chi connectivity index (χ0n) is 25.9. The van der Waals surface area contributed by atoms with E-state index in [0.717, 1.165) is 38.5 Å². The standard InChI is InChI=1S/C18H36O3.C16H34/c1-2-3-4-11-14-17(19)15-12-9-7-5-6-8-10-13-16-18(20)21;1-3-5-7-9-11-13-15-16-14-12-10-8-6-4-2/h17,19H,2-16H2,1H3,(H,20,21);3-16H2,1-2H3. The predicted octanol–water partition coefficient (Wildman–Crippen LogP) is 11.8. The van der Waals surface area contributed by atoms with Crippen molar-refractivity contribution in [1.29, 1.82) is 0 Å². The second-order valence-electron chi connectivity index (χ2n) is 11.5. The Kier molecular flexibility index (Phi) is 36.9. The molecule has 0 saturated carbocycles. The van der Waals surface area contributed by atoms with Gasteiger partial charge in [-0.1, -0.05) is 181 Å². The molecular formula is C34H70O3. The summed E-state index contributed by atoms with van der Waals surface area (Å²) in [5, 5.41) is 18.4. The third-order valence-corrected chi connectivity index (χ3v) is 7.53. The summed E-state index contributed by atoms with van der Waals surface area (Å²) in [5.41, 5.74) is 0. The number of aliphatic carboxylic acids is 1. The van der Waals surface area contributed by atoms with E-state index >= 15 is 0 Å². The van der Waals surface area contributed by atoms with Gasteiger partial charge in [0, 0.05) is 6.42 Å². The lowest BCUT2D eigenvalue weighted by Gasteiger charge is -2.10. The molecule has 0 fully saturated rings. The highest BCUT2D eigenvalue weighted by Crippen LogP contribution is 2.15. The lowest BCUT2D eigenvalue weighted by Crippen LogP contribution is -2.05. The fourth-order valence-electron chi connectivity index (χ4n) is 4.94. The van der Waals surface area contributed by atoms with Crippen LogP contribution in [0.3, 0.4) is 0 Å². The highest BCUT2D eigenvalue weighted by Gasteiger charge is 2.03. The van der Waals surface area contributed by atoms with Gasteiger partial charge in [0.2, 0.25) is 0 Å². The molecule has 1 atom stereocenters. The fraction of sp³-hybridized carbons (Fsp3) is 0.971. The molecule has 0 aliphatic carbocycles. The molecule has 0 rings (SSSR count). The Morgan fingerprint density at radius 1 is 0.432 bits per heavy atom. The van der Waals surface area contributed by atoms with Crippen molar-refractivity contribution in [1.82, 2.24) is 0 Å². The van der Waals surface area contributed by atoms with Crippen molar-refractivity contribution >= 4 is 5.97 Å². The van der Waals surface area contributed by atoms with E-state index in [1.807, 2.05) is 0 Å². The van der Waals surface area contributed by atoms with Crippen molar-refractivity contribution in [2.24, 2.45) is 0 Å². The Morgan fingerprint density at radius 2 is 0.676 bits per heavy atom. The molecule has 0 amide bonds. The normalized spacial score (nSPS) is 11.8. The van der Waals surface area contributed by atoms with E-state index in [2.05, 4.69) is 20.8 Å². The van der Waals surface area contributed by atoms with Crippen LogP contribution in [0, 0.1) is 0 Å². The van der Waals surface area contributed by atoms with Gasteiger partial charge in [-0.25, -0.2) is 0 Å². The number of rotatable bonds is 29. The minimum atomic E-state index is -0.678. The summed E-state index contributed by atoms with van der Waals surface area (Å²) < 4.78 is 0. The summed E-state index contributed by atoms with van der Waals surface area (Å²) in [6.45, 7) is 6.79. The lowest BCUT2D eigenvalue weighted by atomic mass is 10.0. The number of hydrogen-bond donors (Lipinski definition) is 2. The highest BCUT2D eigenvalue weighted by molar-refractivity contribution is 5.66. The van der Waals surface area contributed by atoms with Gasteiger partial charge in [0.15, 0.2) is 0 Å². The van der Waals surface area contributed by atoms with Gasteiger partial charge in [-0.2, -0.15) is 0 Å². The maximum atomic E-state index is 10.3. The largest absolute Gasteiger partial charge is 0.481 e. The third kappa shape index (κ3) is 40.1. The molecular weight excluding hydrogens is 456 g/mol. The van der Waals surface area contributed by atoms with Gasteiger partial charge in [-0.15, -0.1) is 0 Å². The molecule has 0 spiro atoms. The number of aliphatic hydroxyl groups excluding tert-OH is 1. The first-order valence-electron chi connectivity index (χ1n) is 17.0. The Labute approximate surface area is 234 Å². The average Bonchev–Trinajstić information content (AvgIpc) is 2.88. The van der Waals surface area contributed by atoms with E-state index in [1.165, 1.54) is 141 Å². The average molecular weight is 527 g/mol. The molecule has 0 radical (unpaired) electrons. The Balaban J connectivity index is 0. The summed E-state index contributed by atoms with van der Waals surface area (Å²) in [6, 6.07) is 0. The predicted molar refractivity (Wildman–Crippen MR) is 165 cm³/mol. The maximum absolute atomic E-state index is 10.3. The summed E-state index contributed by atoms with van der Waals surface area (Å²) in [5.74, 6) is -0.678. The second kappa shape index (κ2) is 35.4. The molecule has 0 heterocycles. The molecule has 0 aliphatic rings. The summed E-state index contributed by atoms with van der Waals surface area (Å²) in [4.78, 5) is 10.3. The van der Waals surface area contributed by atoms with Gasteiger partial charge in [0.25, 0.3) is 0 Å². The first kappa shape index (κ1) is 38.6.